The molecule has 43 heavy (non-hydrogen) atoms. The number of H-pyrrole nitrogens is 1. The molecule has 2 aromatic carbocycles. The monoisotopic (exact) mass is 578 g/mol. The van der Waals surface area contributed by atoms with E-state index in [0.717, 1.165) is 74.2 Å². The standard InChI is InChI=1S/C35H42N6O2/c1-35(2,3)27-6-5-7-28(20-27)39-34(42)25-9-8-24-10-11-30(19-26(24)18-25)43-31-12-13-36-32(21-31)33-37-22-29(38-33)23-41-16-14-40(4)15-17-41/h5-7,10-13,19-22,25H,8-9,14-18,23H2,1-4H3,(H,37,38)(H,39,42). The number of benzene rings is 2. The lowest BCUT2D eigenvalue weighted by Gasteiger charge is -2.31. The van der Waals surface area contributed by atoms with Crippen LogP contribution in [0.5, 0.6) is 11.5 Å². The van der Waals surface area contributed by atoms with Crippen molar-refractivity contribution in [3.05, 3.63) is 89.4 Å². The number of carbonyl (C=O) groups excluding carboxylic acids is 1. The van der Waals surface area contributed by atoms with Crippen LogP contribution in [0.4, 0.5) is 5.69 Å². The van der Waals surface area contributed by atoms with Crippen molar-refractivity contribution in [1.29, 1.82) is 0 Å². The zero-order chi connectivity index (χ0) is 30.0. The summed E-state index contributed by atoms with van der Waals surface area (Å²) >= 11 is 0. The van der Waals surface area contributed by atoms with Crippen molar-refractivity contribution in [2.24, 2.45) is 5.92 Å². The van der Waals surface area contributed by atoms with Crippen molar-refractivity contribution in [3.8, 4) is 23.0 Å². The second kappa shape index (κ2) is 12.3. The van der Waals surface area contributed by atoms with Crippen LogP contribution in [0.15, 0.2) is 67.0 Å². The van der Waals surface area contributed by atoms with Gasteiger partial charge in [0.25, 0.3) is 0 Å². The molecule has 6 rings (SSSR count). The van der Waals surface area contributed by atoms with E-state index in [0.29, 0.717) is 12.2 Å². The molecule has 2 aliphatic rings. The topological polar surface area (TPSA) is 86.4 Å². The van der Waals surface area contributed by atoms with Gasteiger partial charge in [-0.25, -0.2) is 4.98 Å². The number of nitrogens with zero attached hydrogens (tertiary/aromatic N) is 4. The minimum atomic E-state index is -0.0763. The van der Waals surface area contributed by atoms with E-state index < -0.39 is 0 Å². The first-order chi connectivity index (χ1) is 20.7. The van der Waals surface area contributed by atoms with Crippen LogP contribution in [0.25, 0.3) is 11.5 Å². The third-order valence-corrected chi connectivity index (χ3v) is 8.60. The van der Waals surface area contributed by atoms with E-state index in [-0.39, 0.29) is 17.2 Å². The Bertz CT molecular complexity index is 1580. The summed E-state index contributed by atoms with van der Waals surface area (Å²) in [5, 5.41) is 3.17. The van der Waals surface area contributed by atoms with Gasteiger partial charge in [0.1, 0.15) is 17.2 Å². The number of carbonyl (C=O) groups is 1. The van der Waals surface area contributed by atoms with Crippen LogP contribution in [-0.2, 0) is 29.6 Å². The van der Waals surface area contributed by atoms with E-state index in [1.807, 2.05) is 36.5 Å². The first kappa shape index (κ1) is 29.1. The molecular formula is C35H42N6O2. The first-order valence-electron chi connectivity index (χ1n) is 15.3. The largest absolute Gasteiger partial charge is 0.457 e. The number of fused-ring (bicyclic) bond motifs is 1. The summed E-state index contributed by atoms with van der Waals surface area (Å²) in [4.78, 5) is 30.7. The SMILES string of the molecule is CN1CCN(Cc2c[nH]c(-c3cc(Oc4ccc5c(c4)CC(C(=O)Nc4cccc(C(C)(C)C)c4)CC5)ccn3)n2)CC1. The van der Waals surface area contributed by atoms with Gasteiger partial charge < -0.3 is 19.9 Å². The van der Waals surface area contributed by atoms with Crippen LogP contribution in [0, 0.1) is 5.92 Å². The lowest BCUT2D eigenvalue weighted by Crippen LogP contribution is -2.43. The molecule has 3 heterocycles. The third-order valence-electron chi connectivity index (χ3n) is 8.60. The van der Waals surface area contributed by atoms with Crippen molar-refractivity contribution in [1.82, 2.24) is 24.8 Å². The van der Waals surface area contributed by atoms with Crippen LogP contribution in [-0.4, -0.2) is 63.9 Å². The Kier molecular flexibility index (Phi) is 8.32. The van der Waals surface area contributed by atoms with Crippen molar-refractivity contribution in [3.63, 3.8) is 0 Å². The summed E-state index contributed by atoms with van der Waals surface area (Å²) in [6.07, 6.45) is 6.14. The van der Waals surface area contributed by atoms with Crippen LogP contribution >= 0.6 is 0 Å². The summed E-state index contributed by atoms with van der Waals surface area (Å²) in [6.45, 7) is 11.7. The van der Waals surface area contributed by atoms with Crippen molar-refractivity contribution in [2.45, 2.75) is 52.0 Å². The molecule has 2 aromatic heterocycles. The minimum Gasteiger partial charge on any atom is -0.457 e. The zero-order valence-corrected chi connectivity index (χ0v) is 25.7. The lowest BCUT2D eigenvalue weighted by molar-refractivity contribution is -0.120. The smallest absolute Gasteiger partial charge is 0.227 e. The first-order valence-corrected chi connectivity index (χ1v) is 15.3. The molecule has 8 heteroatoms. The Hall–Kier alpha value is -4.01. The number of ether oxygens (including phenoxy) is 1. The predicted octanol–water partition coefficient (Wildman–Crippen LogP) is 6.05. The van der Waals surface area contributed by atoms with E-state index in [2.05, 4.69) is 77.2 Å². The molecule has 2 N–H and O–H groups in total. The van der Waals surface area contributed by atoms with Gasteiger partial charge in [0.15, 0.2) is 5.82 Å². The Morgan fingerprint density at radius 3 is 2.65 bits per heavy atom. The molecule has 0 bridgehead atoms. The van der Waals surface area contributed by atoms with Crippen molar-refractivity contribution >= 4 is 11.6 Å². The number of hydrogen-bond acceptors (Lipinski definition) is 6. The molecule has 1 fully saturated rings. The summed E-state index contributed by atoms with van der Waals surface area (Å²) in [7, 11) is 2.17. The molecule has 4 aromatic rings. The Balaban J connectivity index is 1.10. The predicted molar refractivity (Wildman–Crippen MR) is 170 cm³/mol. The van der Waals surface area contributed by atoms with Gasteiger partial charge in [0, 0.05) is 62.8 Å². The Labute approximate surface area is 254 Å². The van der Waals surface area contributed by atoms with Gasteiger partial charge in [-0.1, -0.05) is 39.0 Å². The maximum atomic E-state index is 13.3. The number of likely N-dealkylation sites (N-methyl/N-ethyl adjacent to an activating group) is 1. The number of imidazole rings is 1. The molecule has 0 spiro atoms. The van der Waals surface area contributed by atoms with Crippen LogP contribution in [0.2, 0.25) is 0 Å². The van der Waals surface area contributed by atoms with Gasteiger partial charge >= 0.3 is 0 Å². The summed E-state index contributed by atoms with van der Waals surface area (Å²) < 4.78 is 6.29. The molecule has 0 saturated carbocycles. The Morgan fingerprint density at radius 1 is 1.02 bits per heavy atom. The summed E-state index contributed by atoms with van der Waals surface area (Å²) in [5.41, 5.74) is 6.30. The van der Waals surface area contributed by atoms with Crippen molar-refractivity contribution in [2.75, 3.05) is 38.5 Å². The summed E-state index contributed by atoms with van der Waals surface area (Å²) in [5.74, 6) is 2.19. The summed E-state index contributed by atoms with van der Waals surface area (Å²) in [6, 6.07) is 18.2. The number of piperazine rings is 1. The average Bonchev–Trinajstić information content (AvgIpc) is 3.46. The van der Waals surface area contributed by atoms with E-state index in [9.17, 15) is 4.79 Å². The van der Waals surface area contributed by atoms with E-state index in [1.165, 1.54) is 16.7 Å². The minimum absolute atomic E-state index is 0.0297. The van der Waals surface area contributed by atoms with Gasteiger partial charge in [-0.05, 0) is 78.7 Å². The van der Waals surface area contributed by atoms with E-state index >= 15 is 0 Å². The number of amides is 1. The van der Waals surface area contributed by atoms with E-state index in [1.54, 1.807) is 6.20 Å². The van der Waals surface area contributed by atoms with Gasteiger partial charge in [-0.15, -0.1) is 0 Å². The number of pyridine rings is 1. The highest BCUT2D eigenvalue weighted by atomic mass is 16.5. The molecule has 1 amide bonds. The maximum Gasteiger partial charge on any atom is 0.227 e. The molecule has 1 aliphatic heterocycles. The number of nitrogens with one attached hydrogen (secondary N) is 2. The van der Waals surface area contributed by atoms with Gasteiger partial charge in [0.2, 0.25) is 5.91 Å². The molecule has 1 aliphatic carbocycles. The maximum absolute atomic E-state index is 13.3. The zero-order valence-electron chi connectivity index (χ0n) is 25.7. The quantitative estimate of drug-likeness (QED) is 0.278. The van der Waals surface area contributed by atoms with Gasteiger partial charge in [-0.3, -0.25) is 14.7 Å². The second-order valence-corrected chi connectivity index (χ2v) is 13.0. The van der Waals surface area contributed by atoms with Gasteiger partial charge in [0.05, 0.1) is 5.69 Å². The molecular weight excluding hydrogens is 536 g/mol. The van der Waals surface area contributed by atoms with Crippen LogP contribution < -0.4 is 10.1 Å². The highest BCUT2D eigenvalue weighted by Gasteiger charge is 2.26. The molecule has 1 saturated heterocycles. The van der Waals surface area contributed by atoms with E-state index in [4.69, 9.17) is 9.72 Å². The lowest BCUT2D eigenvalue weighted by atomic mass is 9.83. The molecule has 1 atom stereocenters. The highest BCUT2D eigenvalue weighted by Crippen LogP contribution is 2.32. The molecule has 0 radical (unpaired) electrons. The molecule has 224 valence electrons. The molecule has 8 nitrogen and oxygen atoms in total. The fraction of sp³-hybridized carbons (Fsp3) is 0.400. The fourth-order valence-corrected chi connectivity index (χ4v) is 5.88. The van der Waals surface area contributed by atoms with Gasteiger partial charge in [-0.2, -0.15) is 0 Å². The highest BCUT2D eigenvalue weighted by molar-refractivity contribution is 5.93. The van der Waals surface area contributed by atoms with Crippen LogP contribution in [0.1, 0.15) is 49.6 Å². The number of hydrogen-bond donors (Lipinski definition) is 2. The fourth-order valence-electron chi connectivity index (χ4n) is 5.88. The van der Waals surface area contributed by atoms with Crippen molar-refractivity contribution < 1.29 is 9.53 Å². The Morgan fingerprint density at radius 2 is 1.84 bits per heavy atom. The normalized spacial score (nSPS) is 17.8. The number of anilines is 1. The number of rotatable bonds is 7. The second-order valence-electron chi connectivity index (χ2n) is 13.0. The number of aromatic amines is 1. The molecule has 1 unspecified atom stereocenters. The number of aryl methyl sites for hydroxylation is 1. The number of aromatic nitrogens is 3. The third kappa shape index (κ3) is 7.14. The van der Waals surface area contributed by atoms with Crippen LogP contribution in [0.3, 0.4) is 0 Å². The average molecular weight is 579 g/mol.